The molecule has 4 rings (SSSR count). The number of nitrogens with zero attached hydrogens (tertiary/aromatic N) is 3. The van der Waals surface area contributed by atoms with Crippen LogP contribution in [0.3, 0.4) is 0 Å². The highest BCUT2D eigenvalue weighted by Gasteiger charge is 2.12. The predicted octanol–water partition coefficient (Wildman–Crippen LogP) is 3.65. The Labute approximate surface area is 169 Å². The maximum Gasteiger partial charge on any atom is 0.250 e. The van der Waals surface area contributed by atoms with Crippen molar-refractivity contribution in [2.24, 2.45) is 0 Å². The van der Waals surface area contributed by atoms with Gasteiger partial charge in [0.1, 0.15) is 5.65 Å². The van der Waals surface area contributed by atoms with Gasteiger partial charge in [0, 0.05) is 18.5 Å². The molecule has 142 valence electrons. The number of aromatic nitrogens is 3. The van der Waals surface area contributed by atoms with E-state index in [9.17, 15) is 13.2 Å². The Morgan fingerprint density at radius 2 is 2.07 bits per heavy atom. The van der Waals surface area contributed by atoms with Gasteiger partial charge in [0.25, 0.3) is 0 Å². The number of imidazole rings is 1. The summed E-state index contributed by atoms with van der Waals surface area (Å²) in [6, 6.07) is 10.2. The Hall–Kier alpha value is -2.75. The molecule has 0 unspecified atom stereocenters. The average molecular weight is 433 g/mol. The maximum atomic E-state index is 12.3. The highest BCUT2D eigenvalue weighted by atomic mass is 35.5. The minimum absolute atomic E-state index is 0.212. The van der Waals surface area contributed by atoms with Gasteiger partial charge in [0.2, 0.25) is 5.91 Å². The summed E-state index contributed by atoms with van der Waals surface area (Å²) < 4.78 is 25.8. The zero-order valence-corrected chi connectivity index (χ0v) is 16.8. The third-order valence-electron chi connectivity index (χ3n) is 3.93. The minimum Gasteiger partial charge on any atom is -0.299 e. The first-order valence-electron chi connectivity index (χ1n) is 8.03. The third-order valence-corrected chi connectivity index (χ3v) is 6.25. The van der Waals surface area contributed by atoms with Crippen molar-refractivity contribution in [3.05, 3.63) is 59.5 Å². The Kier molecular flexibility index (Phi) is 4.66. The summed E-state index contributed by atoms with van der Waals surface area (Å²) in [7, 11) is -3.30. The Bertz CT molecular complexity index is 1360. The second-order valence-electron chi connectivity index (χ2n) is 5.96. The van der Waals surface area contributed by atoms with Crippen molar-refractivity contribution in [2.75, 3.05) is 11.6 Å². The Balaban J connectivity index is 1.56. The molecule has 0 aliphatic heterocycles. The molecule has 0 aliphatic carbocycles. The lowest BCUT2D eigenvalue weighted by Gasteiger charge is -1.97. The van der Waals surface area contributed by atoms with Crippen molar-refractivity contribution in [3.8, 4) is 0 Å². The number of sulfone groups is 1. The molecule has 4 aromatic rings. The average Bonchev–Trinajstić information content (AvgIpc) is 3.17. The van der Waals surface area contributed by atoms with Crippen LogP contribution in [0.5, 0.6) is 0 Å². The first kappa shape index (κ1) is 18.6. The molecule has 0 saturated carbocycles. The standard InChI is InChI=1S/C18H13ClN4O3S2/c1-28(25,26)11-5-6-12-14(10-11)27-18(20-12)22-16(24)8-7-13-17(19)21-15-4-2-3-9-23(13)15/h2-10H,1H3,(H,20,22,24)/b8-7+. The van der Waals surface area contributed by atoms with Crippen molar-refractivity contribution >= 4 is 65.8 Å². The van der Waals surface area contributed by atoms with E-state index in [2.05, 4.69) is 15.3 Å². The fraction of sp³-hybridized carbons (Fsp3) is 0.0556. The molecule has 0 spiro atoms. The first-order chi connectivity index (χ1) is 13.3. The molecule has 0 fully saturated rings. The molecular formula is C18H13ClN4O3S2. The van der Waals surface area contributed by atoms with Crippen LogP contribution in [0.1, 0.15) is 5.69 Å². The number of thiazole rings is 1. The molecule has 0 aliphatic rings. The molecule has 3 heterocycles. The van der Waals surface area contributed by atoms with E-state index in [4.69, 9.17) is 11.6 Å². The van der Waals surface area contributed by atoms with E-state index in [1.165, 1.54) is 23.5 Å². The summed E-state index contributed by atoms with van der Waals surface area (Å²) in [6.45, 7) is 0. The number of carbonyl (C=O) groups is 1. The van der Waals surface area contributed by atoms with Crippen LogP contribution in [0.2, 0.25) is 5.15 Å². The normalized spacial score (nSPS) is 12.2. The van der Waals surface area contributed by atoms with Crippen LogP contribution < -0.4 is 5.32 Å². The topological polar surface area (TPSA) is 93.4 Å². The number of pyridine rings is 1. The summed E-state index contributed by atoms with van der Waals surface area (Å²) in [6.07, 6.45) is 5.87. The van der Waals surface area contributed by atoms with Crippen molar-refractivity contribution in [3.63, 3.8) is 0 Å². The number of anilines is 1. The lowest BCUT2D eigenvalue weighted by atomic mass is 10.3. The Morgan fingerprint density at radius 3 is 2.86 bits per heavy atom. The summed E-state index contributed by atoms with van der Waals surface area (Å²) in [5.41, 5.74) is 1.89. The molecule has 1 amide bonds. The fourth-order valence-electron chi connectivity index (χ4n) is 2.63. The summed E-state index contributed by atoms with van der Waals surface area (Å²) >= 11 is 7.34. The smallest absolute Gasteiger partial charge is 0.250 e. The fourth-order valence-corrected chi connectivity index (χ4v) is 4.50. The molecule has 1 aromatic carbocycles. The number of halogens is 1. The van der Waals surface area contributed by atoms with Gasteiger partial charge in [-0.3, -0.25) is 14.5 Å². The summed E-state index contributed by atoms with van der Waals surface area (Å²) in [5.74, 6) is -0.385. The lowest BCUT2D eigenvalue weighted by molar-refractivity contribution is -0.111. The predicted molar refractivity (Wildman–Crippen MR) is 111 cm³/mol. The highest BCUT2D eigenvalue weighted by Crippen LogP contribution is 2.28. The van der Waals surface area contributed by atoms with Gasteiger partial charge in [0.05, 0.1) is 20.8 Å². The number of hydrogen-bond donors (Lipinski definition) is 1. The van der Waals surface area contributed by atoms with Crippen molar-refractivity contribution in [1.29, 1.82) is 0 Å². The van der Waals surface area contributed by atoms with Crippen LogP contribution in [0.25, 0.3) is 21.9 Å². The van der Waals surface area contributed by atoms with Gasteiger partial charge in [0.15, 0.2) is 20.1 Å². The van der Waals surface area contributed by atoms with Crippen molar-refractivity contribution in [1.82, 2.24) is 14.4 Å². The molecule has 0 radical (unpaired) electrons. The van der Waals surface area contributed by atoms with E-state index in [0.29, 0.717) is 31.8 Å². The third kappa shape index (κ3) is 3.64. The number of nitrogens with one attached hydrogen (secondary N) is 1. The molecule has 0 atom stereocenters. The molecule has 7 nitrogen and oxygen atoms in total. The quantitative estimate of drug-likeness (QED) is 0.497. The van der Waals surface area contributed by atoms with Gasteiger partial charge in [-0.05, 0) is 36.4 Å². The van der Waals surface area contributed by atoms with Gasteiger partial charge in [-0.15, -0.1) is 0 Å². The van der Waals surface area contributed by atoms with Crippen LogP contribution in [0.4, 0.5) is 5.13 Å². The van der Waals surface area contributed by atoms with E-state index in [1.54, 1.807) is 28.8 Å². The molecular weight excluding hydrogens is 420 g/mol. The number of carbonyl (C=O) groups excluding carboxylic acids is 1. The molecule has 3 aromatic heterocycles. The number of fused-ring (bicyclic) bond motifs is 2. The SMILES string of the molecule is CS(=O)(=O)c1ccc2nc(NC(=O)/C=C/c3c(Cl)nc4ccccn34)sc2c1. The molecule has 28 heavy (non-hydrogen) atoms. The number of hydrogen-bond acceptors (Lipinski definition) is 6. The van der Waals surface area contributed by atoms with Crippen molar-refractivity contribution in [2.45, 2.75) is 4.90 Å². The second kappa shape index (κ2) is 7.01. The van der Waals surface area contributed by atoms with Gasteiger partial charge < -0.3 is 0 Å². The van der Waals surface area contributed by atoms with Crippen LogP contribution >= 0.6 is 22.9 Å². The molecule has 0 bridgehead atoms. The zero-order valence-electron chi connectivity index (χ0n) is 14.5. The summed E-state index contributed by atoms with van der Waals surface area (Å²) in [5, 5.41) is 3.35. The Morgan fingerprint density at radius 1 is 1.25 bits per heavy atom. The van der Waals surface area contributed by atoms with E-state index >= 15 is 0 Å². The largest absolute Gasteiger partial charge is 0.299 e. The number of benzene rings is 1. The van der Waals surface area contributed by atoms with Crippen LogP contribution in [0.15, 0.2) is 53.6 Å². The molecule has 1 N–H and O–H groups in total. The minimum atomic E-state index is -3.30. The maximum absolute atomic E-state index is 12.3. The lowest BCUT2D eigenvalue weighted by Crippen LogP contribution is -2.07. The molecule has 0 saturated heterocycles. The zero-order chi connectivity index (χ0) is 19.9. The van der Waals surface area contributed by atoms with Gasteiger partial charge in [-0.2, -0.15) is 0 Å². The second-order valence-corrected chi connectivity index (χ2v) is 9.36. The monoisotopic (exact) mass is 432 g/mol. The van der Waals surface area contributed by atoms with E-state index < -0.39 is 9.84 Å². The molecule has 10 heteroatoms. The van der Waals surface area contributed by atoms with Gasteiger partial charge in [-0.1, -0.05) is 29.0 Å². The van der Waals surface area contributed by atoms with E-state index in [-0.39, 0.29) is 10.8 Å². The van der Waals surface area contributed by atoms with Gasteiger partial charge in [-0.25, -0.2) is 18.4 Å². The van der Waals surface area contributed by atoms with Gasteiger partial charge >= 0.3 is 0 Å². The summed E-state index contributed by atoms with van der Waals surface area (Å²) in [4.78, 5) is 21.0. The van der Waals surface area contributed by atoms with Crippen LogP contribution in [-0.2, 0) is 14.6 Å². The number of amides is 1. The van der Waals surface area contributed by atoms with E-state index in [0.717, 1.165) is 6.26 Å². The number of rotatable bonds is 4. The first-order valence-corrected chi connectivity index (χ1v) is 11.1. The van der Waals surface area contributed by atoms with Crippen molar-refractivity contribution < 1.29 is 13.2 Å². The van der Waals surface area contributed by atoms with E-state index in [1.807, 2.05) is 18.2 Å². The highest BCUT2D eigenvalue weighted by molar-refractivity contribution is 7.90. The van der Waals surface area contributed by atoms with Crippen LogP contribution in [-0.4, -0.2) is 34.9 Å². The van der Waals surface area contributed by atoms with Crippen LogP contribution in [0, 0.1) is 0 Å².